The average Bonchev–Trinajstić information content (AvgIpc) is 2.90. The van der Waals surface area contributed by atoms with Crippen LogP contribution in [0.15, 0.2) is 48.5 Å². The molecule has 1 unspecified atom stereocenters. The van der Waals surface area contributed by atoms with Crippen LogP contribution in [0, 0.1) is 6.92 Å². The summed E-state index contributed by atoms with van der Waals surface area (Å²) in [6.07, 6.45) is 1.03. The Morgan fingerprint density at radius 2 is 1.84 bits per heavy atom. The Labute approximate surface area is 147 Å². The van der Waals surface area contributed by atoms with E-state index in [0.717, 1.165) is 29.8 Å². The van der Waals surface area contributed by atoms with Crippen LogP contribution >= 0.6 is 0 Å². The molecule has 5 nitrogen and oxygen atoms in total. The topological polar surface area (TPSA) is 63.2 Å². The molecule has 1 aliphatic heterocycles. The van der Waals surface area contributed by atoms with Crippen molar-refractivity contribution in [2.75, 3.05) is 18.6 Å². The van der Waals surface area contributed by atoms with Gasteiger partial charge in [0, 0.05) is 6.42 Å². The maximum atomic E-state index is 12.6. The zero-order valence-corrected chi connectivity index (χ0v) is 14.6. The lowest BCUT2D eigenvalue weighted by molar-refractivity contribution is -0.674. The minimum atomic E-state index is -0.344. The van der Waals surface area contributed by atoms with Crippen molar-refractivity contribution >= 4 is 17.5 Å². The van der Waals surface area contributed by atoms with Gasteiger partial charge in [-0.2, -0.15) is 0 Å². The van der Waals surface area contributed by atoms with E-state index in [-0.39, 0.29) is 24.3 Å². The number of carbonyl (C=O) groups excluding carboxylic acids is 2. The maximum absolute atomic E-state index is 12.6. The molecule has 1 saturated heterocycles. The highest BCUT2D eigenvalue weighted by Crippen LogP contribution is 2.22. The number of nitrogens with two attached hydrogens (primary N) is 1. The van der Waals surface area contributed by atoms with E-state index in [1.807, 2.05) is 60.8 Å². The van der Waals surface area contributed by atoms with E-state index < -0.39 is 0 Å². The Morgan fingerprint density at radius 3 is 2.56 bits per heavy atom. The molecule has 3 rings (SSSR count). The number of rotatable bonds is 6. The largest absolute Gasteiger partial charge is 0.496 e. The number of anilines is 1. The molecular weight excluding hydrogens is 316 g/mol. The lowest BCUT2D eigenvalue weighted by Gasteiger charge is -2.14. The van der Waals surface area contributed by atoms with Gasteiger partial charge >= 0.3 is 0 Å². The molecular formula is C20H23N2O3+. The van der Waals surface area contributed by atoms with Crippen molar-refractivity contribution in [1.29, 1.82) is 0 Å². The summed E-state index contributed by atoms with van der Waals surface area (Å²) in [5, 5.41) is 1.96. The van der Waals surface area contributed by atoms with Crippen molar-refractivity contribution in [3.05, 3.63) is 59.7 Å². The third-order valence-corrected chi connectivity index (χ3v) is 4.53. The zero-order valence-electron chi connectivity index (χ0n) is 14.6. The quantitative estimate of drug-likeness (QED) is 0.810. The van der Waals surface area contributed by atoms with Crippen LogP contribution in [0.1, 0.15) is 17.5 Å². The first-order valence-electron chi connectivity index (χ1n) is 8.49. The summed E-state index contributed by atoms with van der Waals surface area (Å²) in [7, 11) is 1.65. The number of para-hydroxylation sites is 1. The minimum Gasteiger partial charge on any atom is -0.496 e. The van der Waals surface area contributed by atoms with Gasteiger partial charge in [-0.05, 0) is 30.7 Å². The molecule has 5 heteroatoms. The number of quaternary nitrogens is 1. The highest BCUT2D eigenvalue weighted by molar-refractivity contribution is 6.21. The highest BCUT2D eigenvalue weighted by atomic mass is 16.5. The Kier molecular flexibility index (Phi) is 5.14. The average molecular weight is 339 g/mol. The first-order chi connectivity index (χ1) is 12.1. The fourth-order valence-electron chi connectivity index (χ4n) is 3.15. The smallest absolute Gasteiger partial charge is 0.292 e. The van der Waals surface area contributed by atoms with Gasteiger partial charge in [-0.25, -0.2) is 4.90 Å². The molecule has 2 N–H and O–H groups in total. The summed E-state index contributed by atoms with van der Waals surface area (Å²) in [6.45, 7) is 2.71. The van der Waals surface area contributed by atoms with E-state index in [0.29, 0.717) is 5.69 Å². The van der Waals surface area contributed by atoms with Gasteiger partial charge in [-0.15, -0.1) is 0 Å². The van der Waals surface area contributed by atoms with Gasteiger partial charge in [0.2, 0.25) is 5.91 Å². The van der Waals surface area contributed by atoms with Gasteiger partial charge in [0.15, 0.2) is 6.04 Å². The number of amides is 2. The summed E-state index contributed by atoms with van der Waals surface area (Å²) in [5.41, 5.74) is 2.86. The summed E-state index contributed by atoms with van der Waals surface area (Å²) in [6, 6.07) is 15.0. The number of aryl methyl sites for hydroxylation is 1. The molecule has 2 amide bonds. The molecule has 1 atom stereocenters. The number of benzene rings is 2. The van der Waals surface area contributed by atoms with E-state index in [1.165, 1.54) is 4.90 Å². The summed E-state index contributed by atoms with van der Waals surface area (Å²) >= 11 is 0. The molecule has 0 radical (unpaired) electrons. The Bertz CT molecular complexity index is 771. The van der Waals surface area contributed by atoms with Crippen LogP contribution in [0.25, 0.3) is 0 Å². The second kappa shape index (κ2) is 7.49. The van der Waals surface area contributed by atoms with Crippen LogP contribution in [0.2, 0.25) is 0 Å². The van der Waals surface area contributed by atoms with Crippen LogP contribution in [-0.2, 0) is 16.0 Å². The van der Waals surface area contributed by atoms with E-state index >= 15 is 0 Å². The van der Waals surface area contributed by atoms with Gasteiger partial charge in [0.05, 0.1) is 25.8 Å². The molecule has 1 aliphatic rings. The second-order valence-electron chi connectivity index (χ2n) is 6.30. The summed E-state index contributed by atoms with van der Waals surface area (Å²) < 4.78 is 5.35. The standard InChI is InChI=1S/C20H22N2O3/c1-14-7-9-16(10-8-14)22-19(23)13-17(20(22)24)21-12-11-15-5-3-4-6-18(15)25-2/h3-10,17,21H,11-13H2,1-2H3/p+1. The SMILES string of the molecule is COc1ccccc1CC[NH2+]C1CC(=O)N(c2ccc(C)cc2)C1=O. The fourth-order valence-corrected chi connectivity index (χ4v) is 3.15. The molecule has 130 valence electrons. The number of imide groups is 1. The van der Waals surface area contributed by atoms with Crippen molar-refractivity contribution in [2.24, 2.45) is 0 Å². The molecule has 0 saturated carbocycles. The molecule has 2 aromatic rings. The number of hydrogen-bond donors (Lipinski definition) is 1. The van der Waals surface area contributed by atoms with Gasteiger partial charge in [0.25, 0.3) is 5.91 Å². The Hall–Kier alpha value is -2.66. The predicted molar refractivity (Wildman–Crippen MR) is 95.6 cm³/mol. The Balaban J connectivity index is 1.62. The van der Waals surface area contributed by atoms with Gasteiger partial charge in [-0.1, -0.05) is 35.9 Å². The van der Waals surface area contributed by atoms with Crippen LogP contribution in [-0.4, -0.2) is 31.5 Å². The monoisotopic (exact) mass is 339 g/mol. The molecule has 0 aliphatic carbocycles. The first-order valence-corrected chi connectivity index (χ1v) is 8.49. The minimum absolute atomic E-state index is 0.131. The van der Waals surface area contributed by atoms with E-state index in [1.54, 1.807) is 7.11 Å². The fraction of sp³-hybridized carbons (Fsp3) is 0.300. The molecule has 0 aromatic heterocycles. The van der Waals surface area contributed by atoms with Crippen molar-refractivity contribution in [2.45, 2.75) is 25.8 Å². The van der Waals surface area contributed by atoms with E-state index in [4.69, 9.17) is 4.74 Å². The number of methoxy groups -OCH3 is 1. The maximum Gasteiger partial charge on any atom is 0.292 e. The molecule has 0 bridgehead atoms. The normalized spacial score (nSPS) is 17.2. The van der Waals surface area contributed by atoms with Gasteiger partial charge in [-0.3, -0.25) is 9.59 Å². The number of nitrogens with zero attached hydrogens (tertiary/aromatic N) is 1. The molecule has 0 spiro atoms. The number of hydrogen-bond acceptors (Lipinski definition) is 3. The Morgan fingerprint density at radius 1 is 1.12 bits per heavy atom. The predicted octanol–water partition coefficient (Wildman–Crippen LogP) is 1.44. The first kappa shape index (κ1) is 17.2. The lowest BCUT2D eigenvalue weighted by atomic mass is 10.1. The third kappa shape index (κ3) is 3.72. The van der Waals surface area contributed by atoms with Crippen LogP contribution in [0.4, 0.5) is 5.69 Å². The summed E-state index contributed by atoms with van der Waals surface area (Å²) in [4.78, 5) is 26.2. The highest BCUT2D eigenvalue weighted by Gasteiger charge is 2.41. The lowest BCUT2D eigenvalue weighted by Crippen LogP contribution is -2.92. The van der Waals surface area contributed by atoms with Gasteiger partial charge < -0.3 is 10.1 Å². The molecule has 25 heavy (non-hydrogen) atoms. The van der Waals surface area contributed by atoms with Crippen molar-refractivity contribution < 1.29 is 19.6 Å². The van der Waals surface area contributed by atoms with Crippen LogP contribution in [0.5, 0.6) is 5.75 Å². The van der Waals surface area contributed by atoms with E-state index in [2.05, 4.69) is 0 Å². The van der Waals surface area contributed by atoms with E-state index in [9.17, 15) is 9.59 Å². The van der Waals surface area contributed by atoms with Gasteiger partial charge in [0.1, 0.15) is 5.75 Å². The summed E-state index contributed by atoms with van der Waals surface area (Å²) in [5.74, 6) is 0.590. The van der Waals surface area contributed by atoms with Crippen LogP contribution < -0.4 is 15.0 Å². The third-order valence-electron chi connectivity index (χ3n) is 4.53. The zero-order chi connectivity index (χ0) is 17.8. The molecule has 1 fully saturated rings. The second-order valence-corrected chi connectivity index (χ2v) is 6.30. The van der Waals surface area contributed by atoms with Crippen molar-refractivity contribution in [3.8, 4) is 5.75 Å². The van der Waals surface area contributed by atoms with Crippen molar-refractivity contribution in [1.82, 2.24) is 0 Å². The molecule has 1 heterocycles. The van der Waals surface area contributed by atoms with Crippen LogP contribution in [0.3, 0.4) is 0 Å². The number of carbonyl (C=O) groups is 2. The number of ether oxygens (including phenoxy) is 1. The molecule has 2 aromatic carbocycles. The van der Waals surface area contributed by atoms with Crippen molar-refractivity contribution in [3.63, 3.8) is 0 Å².